The highest BCUT2D eigenvalue weighted by Gasteiger charge is 2.50. The molecule has 5 fully saturated rings. The average molecular weight is 1110 g/mol. The minimum Gasteiger partial charge on any atom is -0.408 e. The van der Waals surface area contributed by atoms with Crippen molar-refractivity contribution in [3.8, 4) is 0 Å². The van der Waals surface area contributed by atoms with Gasteiger partial charge in [0.25, 0.3) is 0 Å². The monoisotopic (exact) mass is 1110 g/mol. The van der Waals surface area contributed by atoms with E-state index in [1.54, 1.807) is 24.3 Å². The van der Waals surface area contributed by atoms with E-state index in [9.17, 15) is 13.2 Å². The lowest BCUT2D eigenvalue weighted by Crippen LogP contribution is -2.58. The van der Waals surface area contributed by atoms with Gasteiger partial charge in [-0.1, -0.05) is 123 Å². The lowest BCUT2D eigenvalue weighted by atomic mass is 9.77. The number of sulfone groups is 1. The minimum atomic E-state index is -3.46. The Morgan fingerprint density at radius 1 is 0.899 bits per heavy atom. The summed E-state index contributed by atoms with van der Waals surface area (Å²) in [5, 5.41) is 9.33. The molecule has 0 amide bonds. The Morgan fingerprint density at radius 3 is 2.23 bits per heavy atom. The van der Waals surface area contributed by atoms with Crippen LogP contribution >= 0.6 is 22.6 Å². The van der Waals surface area contributed by atoms with Gasteiger partial charge in [-0.25, -0.2) is 8.42 Å². The fourth-order valence-electron chi connectivity index (χ4n) is 11.0. The van der Waals surface area contributed by atoms with Gasteiger partial charge in [0.05, 0.1) is 77.8 Å². The van der Waals surface area contributed by atoms with E-state index in [2.05, 4.69) is 121 Å². The van der Waals surface area contributed by atoms with Gasteiger partial charge in [0.1, 0.15) is 6.29 Å². The van der Waals surface area contributed by atoms with Gasteiger partial charge in [0.2, 0.25) is 0 Å². The number of aliphatic hydroxyl groups excluding tert-OH is 1. The fraction of sp³-hybridized carbons (Fsp3) is 0.768. The zero-order valence-electron chi connectivity index (χ0n) is 44.2. The van der Waals surface area contributed by atoms with Gasteiger partial charge in [-0.15, -0.1) is 0 Å². The van der Waals surface area contributed by atoms with E-state index in [0.717, 1.165) is 81.6 Å². The molecule has 1 aromatic carbocycles. The zero-order valence-corrected chi connectivity index (χ0v) is 48.1. The van der Waals surface area contributed by atoms with Crippen LogP contribution in [0.15, 0.2) is 69.7 Å². The summed E-state index contributed by atoms with van der Waals surface area (Å²) in [4.78, 5) is 11.3. The Hall–Kier alpha value is -1.27. The summed E-state index contributed by atoms with van der Waals surface area (Å²) < 4.78 is 68.4. The molecule has 3 unspecified atom stereocenters. The largest absolute Gasteiger partial charge is 0.408 e. The van der Waals surface area contributed by atoms with Crippen LogP contribution in [0.3, 0.4) is 0 Å². The predicted molar refractivity (Wildman–Crippen MR) is 289 cm³/mol. The lowest BCUT2D eigenvalue weighted by Gasteiger charge is -2.51. The zero-order chi connectivity index (χ0) is 50.8. The molecular formula is C56H91IO10SSi. The number of hydrogen-bond donors (Lipinski definition) is 1. The number of aldehydes is 1. The molecule has 13 heteroatoms. The number of carbonyl (C=O) groups is 1. The fourth-order valence-corrected chi connectivity index (χ4v) is 14.4. The highest BCUT2D eigenvalue weighted by molar-refractivity contribution is 14.1. The first kappa shape index (κ1) is 58.6. The molecule has 17 atom stereocenters. The van der Waals surface area contributed by atoms with Crippen LogP contribution in [0.5, 0.6) is 0 Å². The third-order valence-electron chi connectivity index (χ3n) is 17.0. The summed E-state index contributed by atoms with van der Waals surface area (Å²) in [5.74, 6) is 1.64. The summed E-state index contributed by atoms with van der Waals surface area (Å²) in [7, 11) is -5.37. The number of hydrogen-bond acceptors (Lipinski definition) is 10. The molecule has 0 spiro atoms. The van der Waals surface area contributed by atoms with Crippen molar-refractivity contribution in [2.45, 2.75) is 230 Å². The van der Waals surface area contributed by atoms with Crippen molar-refractivity contribution in [2.24, 2.45) is 35.5 Å². The minimum absolute atomic E-state index is 0.0334. The maximum absolute atomic E-state index is 13.5. The van der Waals surface area contributed by atoms with E-state index in [1.165, 1.54) is 0 Å². The molecule has 0 saturated carbocycles. The van der Waals surface area contributed by atoms with Crippen LogP contribution in [0.2, 0.25) is 18.1 Å². The first-order valence-corrected chi connectivity index (χ1v) is 32.2. The second-order valence-corrected chi connectivity index (χ2v) is 30.6. The molecule has 5 heterocycles. The first-order chi connectivity index (χ1) is 32.5. The lowest BCUT2D eigenvalue weighted by molar-refractivity contribution is -0.237. The van der Waals surface area contributed by atoms with E-state index < -0.39 is 18.2 Å². The topological polar surface area (TPSA) is 127 Å². The highest BCUT2D eigenvalue weighted by Crippen LogP contribution is 2.45. The van der Waals surface area contributed by atoms with Gasteiger partial charge in [-0.05, 0) is 139 Å². The van der Waals surface area contributed by atoms with Gasteiger partial charge >= 0.3 is 0 Å². The predicted octanol–water partition coefficient (Wildman–Crippen LogP) is 12.4. The van der Waals surface area contributed by atoms with Crippen LogP contribution in [0.4, 0.5) is 0 Å². The number of ether oxygens (including phenoxy) is 5. The normalized spacial score (nSPS) is 35.3. The second-order valence-electron chi connectivity index (χ2n) is 23.0. The maximum Gasteiger partial charge on any atom is 0.193 e. The molecule has 1 N–H and O–H groups in total. The third kappa shape index (κ3) is 15.6. The van der Waals surface area contributed by atoms with Gasteiger partial charge < -0.3 is 38.0 Å². The summed E-state index contributed by atoms with van der Waals surface area (Å²) in [6.45, 7) is 33.7. The Morgan fingerprint density at radius 2 is 1.59 bits per heavy atom. The molecule has 5 aliphatic heterocycles. The molecule has 0 radical (unpaired) electrons. The number of benzene rings is 1. The molecule has 0 aromatic heterocycles. The maximum atomic E-state index is 13.5. The second kappa shape index (κ2) is 26.3. The molecule has 5 saturated heterocycles. The van der Waals surface area contributed by atoms with Gasteiger partial charge in [0, 0.05) is 25.4 Å². The van der Waals surface area contributed by atoms with Crippen molar-refractivity contribution in [3.63, 3.8) is 0 Å². The van der Waals surface area contributed by atoms with Crippen LogP contribution < -0.4 is 0 Å². The van der Waals surface area contributed by atoms with Crippen molar-refractivity contribution < 1.29 is 46.4 Å². The van der Waals surface area contributed by atoms with Gasteiger partial charge in [-0.3, -0.25) is 0 Å². The van der Waals surface area contributed by atoms with Crippen LogP contribution in [0, 0.1) is 35.5 Å². The molecule has 5 aliphatic rings. The van der Waals surface area contributed by atoms with Crippen molar-refractivity contribution in [3.05, 3.63) is 64.8 Å². The van der Waals surface area contributed by atoms with E-state index in [-0.39, 0.29) is 96.4 Å². The van der Waals surface area contributed by atoms with E-state index in [0.29, 0.717) is 41.4 Å². The summed E-state index contributed by atoms with van der Waals surface area (Å²) in [6.07, 6.45) is 13.5. The van der Waals surface area contributed by atoms with Gasteiger partial charge in [-0.2, -0.15) is 0 Å². The summed E-state index contributed by atoms with van der Waals surface area (Å²) in [6, 6.07) is 8.80. The van der Waals surface area contributed by atoms with Crippen LogP contribution in [0.25, 0.3) is 0 Å². The number of carbonyl (C=O) groups excluding carboxylic acids is 1. The molecule has 0 bridgehead atoms. The molecule has 392 valence electrons. The van der Waals surface area contributed by atoms with Crippen LogP contribution in [-0.4, -0.2) is 108 Å². The quantitative estimate of drug-likeness (QED) is 0.0584. The van der Waals surface area contributed by atoms with Crippen molar-refractivity contribution >= 4 is 47.0 Å². The Kier molecular flexibility index (Phi) is 22.3. The smallest absolute Gasteiger partial charge is 0.193 e. The van der Waals surface area contributed by atoms with E-state index in [4.69, 9.17) is 33.2 Å². The molecular weight excluding hydrogens is 1020 g/mol. The third-order valence-corrected chi connectivity index (χ3v) is 23.7. The van der Waals surface area contributed by atoms with E-state index >= 15 is 0 Å². The van der Waals surface area contributed by atoms with Crippen LogP contribution in [0.1, 0.15) is 139 Å². The van der Waals surface area contributed by atoms with Crippen molar-refractivity contribution in [1.82, 2.24) is 0 Å². The molecule has 0 aliphatic carbocycles. The highest BCUT2D eigenvalue weighted by atomic mass is 127. The molecule has 69 heavy (non-hydrogen) atoms. The van der Waals surface area contributed by atoms with Crippen molar-refractivity contribution in [2.75, 3.05) is 12.4 Å². The Bertz CT molecular complexity index is 1920. The number of aliphatic hydroxyl groups is 1. The molecule has 1 aromatic rings. The number of rotatable bonds is 20. The number of fused-ring (bicyclic) bond motifs is 1. The Balaban J connectivity index is 0.000000284. The SMILES string of the molecule is C=C1C[C@H](CCCO)OC1CC[C@H]1C[C@@H](C)C(=C)C(C[C@@H]2O[C@H](C[C@H](C)CC)[C@H](C)[C@H]2CS(=O)(=O)c2ccccc2)O1.C[C@@H]1[C@H](C)[C@H]([C@H](/C=C/I)O[Si](C)(C)C(C)(C)C)O[C@H]2CCC(CC=O)O[C@H]12. The van der Waals surface area contributed by atoms with Crippen LogP contribution in [-0.2, 0) is 42.7 Å². The average Bonchev–Trinajstić information content (AvgIpc) is 3.80. The molecule has 6 rings (SSSR count). The van der Waals surface area contributed by atoms with Crippen molar-refractivity contribution in [1.29, 1.82) is 0 Å². The molecule has 10 nitrogen and oxygen atoms in total. The van der Waals surface area contributed by atoms with E-state index in [1.807, 2.05) is 6.07 Å². The standard InChI is InChI=1S/C35H54O6S.C21H37IO4Si/c1-7-23(2)18-33-27(6)31(22-42(37,38)30-13-9-8-10-14-30)35(41-33)21-34-26(5)24(3)19-29(40-34)15-16-32-25(4)20-28(39-32)12-11-17-36;1-14-15(2)20(18(10-12-22)26-27(6,7)21(3,4)5)25-17-9-8-16(11-13-23)24-19(14)17/h8-10,13-14,23-24,27-29,31-36H,4-5,7,11-12,15-22H2,1-3,6H3;10,12-20H,8-9,11H2,1-7H3/b;12-10+/t23-,24-,27-,28+,29+,31-,32?,33-,34?,35+;14-,15+,16?,17+,18+,19-,20-/m11/s1. The summed E-state index contributed by atoms with van der Waals surface area (Å²) >= 11 is 2.27. The Labute approximate surface area is 433 Å². The van der Waals surface area contributed by atoms with Gasteiger partial charge in [0.15, 0.2) is 18.2 Å². The first-order valence-electron chi connectivity index (χ1n) is 26.4. The summed E-state index contributed by atoms with van der Waals surface area (Å²) in [5.41, 5.74) is 2.23. The number of halogens is 1.